The lowest BCUT2D eigenvalue weighted by molar-refractivity contribution is 0.103. The van der Waals surface area contributed by atoms with Gasteiger partial charge in [-0.2, -0.15) is 5.10 Å². The lowest BCUT2D eigenvalue weighted by atomic mass is 10.1. The first-order chi connectivity index (χ1) is 15.4. The molecule has 32 heavy (non-hydrogen) atoms. The summed E-state index contributed by atoms with van der Waals surface area (Å²) in [5.41, 5.74) is 4.65. The molecule has 0 aliphatic carbocycles. The smallest absolute Gasteiger partial charge is 0.265 e. The highest BCUT2D eigenvalue weighted by Gasteiger charge is 2.12. The number of nitrogens with one attached hydrogen (secondary N) is 1. The number of carbonyl (C=O) groups is 1. The Bertz CT molecular complexity index is 1250. The van der Waals surface area contributed by atoms with Crippen molar-refractivity contribution in [1.82, 2.24) is 9.78 Å². The maximum atomic E-state index is 12.7. The van der Waals surface area contributed by atoms with Crippen LogP contribution in [0.25, 0.3) is 0 Å². The zero-order valence-corrected chi connectivity index (χ0v) is 19.9. The summed E-state index contributed by atoms with van der Waals surface area (Å²) in [5, 5.41) is 10.3. The van der Waals surface area contributed by atoms with Crippen molar-refractivity contribution in [3.05, 3.63) is 97.4 Å². The second-order valence-electron chi connectivity index (χ2n) is 7.45. The van der Waals surface area contributed by atoms with Crippen molar-refractivity contribution in [2.24, 2.45) is 0 Å². The zero-order chi connectivity index (χ0) is 22.7. The number of amides is 1. The molecule has 0 saturated heterocycles. The highest BCUT2D eigenvalue weighted by molar-refractivity contribution is 7.12. The zero-order valence-electron chi connectivity index (χ0n) is 17.6. The highest BCUT2D eigenvalue weighted by Crippen LogP contribution is 2.25. The van der Waals surface area contributed by atoms with Gasteiger partial charge in [-0.05, 0) is 54.1 Å². The van der Waals surface area contributed by atoms with Gasteiger partial charge in [-0.1, -0.05) is 47.5 Å². The minimum absolute atomic E-state index is 0.183. The fourth-order valence-corrected chi connectivity index (χ4v) is 4.54. The predicted octanol–water partition coefficient (Wildman–Crippen LogP) is 6.75. The van der Waals surface area contributed by atoms with E-state index in [1.165, 1.54) is 11.3 Å². The molecule has 4 aromatic rings. The average Bonchev–Trinajstić information content (AvgIpc) is 3.39. The van der Waals surface area contributed by atoms with Gasteiger partial charge in [-0.3, -0.25) is 9.48 Å². The Morgan fingerprint density at radius 1 is 1.16 bits per heavy atom. The van der Waals surface area contributed by atoms with Crippen molar-refractivity contribution < 1.29 is 9.53 Å². The number of benzene rings is 2. The molecule has 4 rings (SSSR count). The number of para-hydroxylation sites is 1. The number of aromatic nitrogens is 2. The van der Waals surface area contributed by atoms with Gasteiger partial charge in [0.05, 0.1) is 23.3 Å². The number of halogens is 2. The minimum atomic E-state index is -0.183. The summed E-state index contributed by atoms with van der Waals surface area (Å²) >= 11 is 13.6. The van der Waals surface area contributed by atoms with Crippen molar-refractivity contribution in [1.29, 1.82) is 0 Å². The molecule has 0 bridgehead atoms. The van der Waals surface area contributed by atoms with E-state index in [1.54, 1.807) is 29.2 Å². The standard InChI is InChI=1S/C24H21Cl2N3O2S/c1-15-4-3-5-16(2)23(15)31-13-17-8-22(32-14-17)24(30)28-20-10-27-29(12-20)11-18-6-7-19(25)9-21(18)26/h3-10,12,14H,11,13H2,1-2H3,(H,28,30). The van der Waals surface area contributed by atoms with Crippen LogP contribution in [-0.2, 0) is 13.2 Å². The molecule has 1 amide bonds. The first-order valence-corrected chi connectivity index (χ1v) is 11.6. The Hall–Kier alpha value is -2.80. The summed E-state index contributed by atoms with van der Waals surface area (Å²) in [6, 6.07) is 13.3. The summed E-state index contributed by atoms with van der Waals surface area (Å²) in [7, 11) is 0. The Balaban J connectivity index is 1.36. The molecule has 5 nitrogen and oxygen atoms in total. The Morgan fingerprint density at radius 3 is 2.69 bits per heavy atom. The van der Waals surface area contributed by atoms with Crippen molar-refractivity contribution >= 4 is 46.1 Å². The summed E-state index contributed by atoms with van der Waals surface area (Å²) in [4.78, 5) is 13.3. The largest absolute Gasteiger partial charge is 0.488 e. The van der Waals surface area contributed by atoms with Gasteiger partial charge < -0.3 is 10.1 Å². The number of rotatable bonds is 7. The van der Waals surface area contributed by atoms with E-state index in [-0.39, 0.29) is 5.91 Å². The molecule has 0 aliphatic heterocycles. The maximum absolute atomic E-state index is 12.7. The third kappa shape index (κ3) is 5.33. The van der Waals surface area contributed by atoms with Gasteiger partial charge >= 0.3 is 0 Å². The second-order valence-corrected chi connectivity index (χ2v) is 9.20. The van der Waals surface area contributed by atoms with Crippen LogP contribution in [0.2, 0.25) is 10.0 Å². The topological polar surface area (TPSA) is 56.1 Å². The van der Waals surface area contributed by atoms with E-state index in [2.05, 4.69) is 10.4 Å². The van der Waals surface area contributed by atoms with Crippen LogP contribution in [0.1, 0.15) is 31.9 Å². The molecule has 0 atom stereocenters. The first kappa shape index (κ1) is 22.4. The molecular weight excluding hydrogens is 465 g/mol. The molecule has 0 unspecified atom stereocenters. The van der Waals surface area contributed by atoms with E-state index in [1.807, 2.05) is 49.6 Å². The van der Waals surface area contributed by atoms with Crippen molar-refractivity contribution in [3.8, 4) is 5.75 Å². The summed E-state index contributed by atoms with van der Waals surface area (Å²) in [5.74, 6) is 0.704. The quantitative estimate of drug-likeness (QED) is 0.315. The monoisotopic (exact) mass is 485 g/mol. The second kappa shape index (κ2) is 9.77. The van der Waals surface area contributed by atoms with Crippen LogP contribution < -0.4 is 10.1 Å². The number of hydrogen-bond donors (Lipinski definition) is 1. The van der Waals surface area contributed by atoms with Crippen LogP contribution in [0.5, 0.6) is 5.75 Å². The maximum Gasteiger partial charge on any atom is 0.265 e. The molecule has 0 aliphatic rings. The molecule has 8 heteroatoms. The fourth-order valence-electron chi connectivity index (χ4n) is 3.28. The lowest BCUT2D eigenvalue weighted by Crippen LogP contribution is -2.09. The van der Waals surface area contributed by atoms with Gasteiger partial charge in [0.15, 0.2) is 0 Å². The minimum Gasteiger partial charge on any atom is -0.488 e. The van der Waals surface area contributed by atoms with Crippen LogP contribution >= 0.6 is 34.5 Å². The van der Waals surface area contributed by atoms with Gasteiger partial charge in [0.2, 0.25) is 0 Å². The first-order valence-electron chi connectivity index (χ1n) is 9.93. The number of anilines is 1. The molecular formula is C24H21Cl2N3O2S. The van der Waals surface area contributed by atoms with Gasteiger partial charge in [0.25, 0.3) is 5.91 Å². The summed E-state index contributed by atoms with van der Waals surface area (Å²) < 4.78 is 7.70. The summed E-state index contributed by atoms with van der Waals surface area (Å²) in [6.45, 7) is 4.94. The number of nitrogens with zero attached hydrogens (tertiary/aromatic N) is 2. The molecule has 164 valence electrons. The van der Waals surface area contributed by atoms with E-state index in [0.29, 0.717) is 33.8 Å². The van der Waals surface area contributed by atoms with Gasteiger partial charge in [-0.25, -0.2) is 0 Å². The van der Waals surface area contributed by atoms with Gasteiger partial charge in [0.1, 0.15) is 12.4 Å². The highest BCUT2D eigenvalue weighted by atomic mass is 35.5. The van der Waals surface area contributed by atoms with E-state index >= 15 is 0 Å². The molecule has 0 fully saturated rings. The normalized spacial score (nSPS) is 10.9. The van der Waals surface area contributed by atoms with E-state index in [0.717, 1.165) is 28.0 Å². The Morgan fingerprint density at radius 2 is 1.94 bits per heavy atom. The average molecular weight is 486 g/mol. The molecule has 0 saturated carbocycles. The fraction of sp³-hybridized carbons (Fsp3) is 0.167. The van der Waals surface area contributed by atoms with Crippen LogP contribution in [0.3, 0.4) is 0 Å². The summed E-state index contributed by atoms with van der Waals surface area (Å²) in [6.07, 6.45) is 3.38. The molecule has 0 radical (unpaired) electrons. The van der Waals surface area contributed by atoms with Crippen molar-refractivity contribution in [3.63, 3.8) is 0 Å². The van der Waals surface area contributed by atoms with Gasteiger partial charge in [-0.15, -0.1) is 11.3 Å². The molecule has 2 aromatic carbocycles. The van der Waals surface area contributed by atoms with Crippen LogP contribution in [0.4, 0.5) is 5.69 Å². The number of thiophene rings is 1. The Kier molecular flexibility index (Phi) is 6.84. The number of ether oxygens (including phenoxy) is 1. The third-order valence-electron chi connectivity index (χ3n) is 4.91. The van der Waals surface area contributed by atoms with Crippen molar-refractivity contribution in [2.45, 2.75) is 27.0 Å². The molecule has 1 N–H and O–H groups in total. The predicted molar refractivity (Wildman–Crippen MR) is 130 cm³/mol. The van der Waals surface area contributed by atoms with E-state index in [9.17, 15) is 4.79 Å². The van der Waals surface area contributed by atoms with Crippen LogP contribution in [-0.4, -0.2) is 15.7 Å². The van der Waals surface area contributed by atoms with Crippen molar-refractivity contribution in [2.75, 3.05) is 5.32 Å². The molecule has 2 heterocycles. The number of carbonyl (C=O) groups excluding carboxylic acids is 1. The van der Waals surface area contributed by atoms with Gasteiger partial charge in [0, 0.05) is 21.8 Å². The van der Waals surface area contributed by atoms with Crippen LogP contribution in [0.15, 0.2) is 60.2 Å². The van der Waals surface area contributed by atoms with E-state index < -0.39 is 0 Å². The Labute approximate surface area is 200 Å². The molecule has 2 aromatic heterocycles. The van der Waals surface area contributed by atoms with Crippen LogP contribution in [0, 0.1) is 13.8 Å². The lowest BCUT2D eigenvalue weighted by Gasteiger charge is -2.10. The van der Waals surface area contributed by atoms with E-state index in [4.69, 9.17) is 27.9 Å². The SMILES string of the molecule is Cc1cccc(C)c1OCc1csc(C(=O)Nc2cnn(Cc3ccc(Cl)cc3Cl)c2)c1. The number of aryl methyl sites for hydroxylation is 2. The molecule has 0 spiro atoms. The third-order valence-corrected chi connectivity index (χ3v) is 6.47. The number of hydrogen-bond acceptors (Lipinski definition) is 4.